The van der Waals surface area contributed by atoms with Crippen molar-refractivity contribution in [2.45, 2.75) is 12.6 Å². The van der Waals surface area contributed by atoms with E-state index < -0.39 is 18.4 Å². The number of ketones is 1. The fourth-order valence-corrected chi connectivity index (χ4v) is 1.05. The number of Topliss-reactive ketones (excluding diaryl/α,β-unsaturated/α-hetero) is 1. The van der Waals surface area contributed by atoms with E-state index in [9.17, 15) is 18.0 Å². The maximum atomic E-state index is 11.7. The molecule has 1 heterocycles. The molecule has 6 heteroatoms. The van der Waals surface area contributed by atoms with E-state index in [-0.39, 0.29) is 5.76 Å². The number of carbonyl (C=O) groups excluding carboxylic acids is 1. The van der Waals surface area contributed by atoms with Crippen LogP contribution in [0.4, 0.5) is 13.2 Å². The second-order valence-corrected chi connectivity index (χ2v) is 3.24. The third-order valence-corrected chi connectivity index (χ3v) is 1.69. The molecule has 72 valence electrons. The molecular formula is C7H4BrF3O2. The minimum absolute atomic E-state index is 0.00537. The van der Waals surface area contributed by atoms with Gasteiger partial charge in [-0.25, -0.2) is 0 Å². The molecule has 0 saturated carbocycles. The van der Waals surface area contributed by atoms with Crippen molar-refractivity contribution in [3.05, 3.63) is 22.6 Å². The molecule has 0 aliphatic heterocycles. The normalized spacial score (nSPS) is 11.7. The summed E-state index contributed by atoms with van der Waals surface area (Å²) in [4.78, 5) is 10.4. The Bertz CT molecular complexity index is 316. The summed E-state index contributed by atoms with van der Waals surface area (Å²) in [5, 5.41) is 0. The number of hydrogen-bond donors (Lipinski definition) is 0. The highest BCUT2D eigenvalue weighted by Crippen LogP contribution is 2.21. The zero-order valence-corrected chi connectivity index (χ0v) is 7.78. The summed E-state index contributed by atoms with van der Waals surface area (Å²) in [5.74, 6) is -1.82. The number of carbonyl (C=O) groups is 1. The molecule has 0 aliphatic rings. The van der Waals surface area contributed by atoms with E-state index in [1.807, 2.05) is 0 Å². The molecule has 0 unspecified atom stereocenters. The van der Waals surface area contributed by atoms with Crippen LogP contribution in [0, 0.1) is 0 Å². The van der Waals surface area contributed by atoms with E-state index in [1.54, 1.807) is 0 Å². The van der Waals surface area contributed by atoms with Gasteiger partial charge in [0.05, 0.1) is 10.9 Å². The van der Waals surface area contributed by atoms with Crippen molar-refractivity contribution in [3.8, 4) is 0 Å². The molecule has 0 spiro atoms. The van der Waals surface area contributed by atoms with E-state index in [4.69, 9.17) is 0 Å². The van der Waals surface area contributed by atoms with Crippen LogP contribution in [-0.2, 0) is 11.2 Å². The third-order valence-electron chi connectivity index (χ3n) is 1.27. The summed E-state index contributed by atoms with van der Waals surface area (Å²) in [7, 11) is 0. The molecule has 13 heavy (non-hydrogen) atoms. The summed E-state index contributed by atoms with van der Waals surface area (Å²) >= 11 is 2.99. The van der Waals surface area contributed by atoms with E-state index in [2.05, 4.69) is 20.3 Å². The number of furan rings is 1. The Morgan fingerprint density at radius 2 is 2.15 bits per heavy atom. The van der Waals surface area contributed by atoms with Crippen molar-refractivity contribution in [1.29, 1.82) is 0 Å². The average Bonchev–Trinajstić information content (AvgIpc) is 2.33. The van der Waals surface area contributed by atoms with Crippen LogP contribution in [0.15, 0.2) is 21.2 Å². The van der Waals surface area contributed by atoms with E-state index in [0.29, 0.717) is 4.47 Å². The SMILES string of the molecule is O=C(Cc1cc(Br)co1)C(F)(F)F. The largest absolute Gasteiger partial charge is 0.468 e. The number of halogens is 4. The number of hydrogen-bond acceptors (Lipinski definition) is 2. The van der Waals surface area contributed by atoms with Gasteiger partial charge in [-0.15, -0.1) is 0 Å². The van der Waals surface area contributed by atoms with Crippen molar-refractivity contribution in [2.75, 3.05) is 0 Å². The van der Waals surface area contributed by atoms with Gasteiger partial charge in [-0.3, -0.25) is 4.79 Å². The van der Waals surface area contributed by atoms with Gasteiger partial charge in [0, 0.05) is 0 Å². The van der Waals surface area contributed by atoms with E-state index in [0.717, 1.165) is 0 Å². The highest BCUT2D eigenvalue weighted by molar-refractivity contribution is 9.10. The molecule has 0 bridgehead atoms. The van der Waals surface area contributed by atoms with E-state index in [1.165, 1.54) is 12.3 Å². The summed E-state index contributed by atoms with van der Waals surface area (Å²) in [5.41, 5.74) is 0. The minimum Gasteiger partial charge on any atom is -0.468 e. The first-order chi connectivity index (χ1) is 5.89. The molecule has 0 amide bonds. The lowest BCUT2D eigenvalue weighted by Gasteiger charge is -2.01. The Hall–Kier alpha value is -0.780. The van der Waals surface area contributed by atoms with Crippen LogP contribution in [0.3, 0.4) is 0 Å². The maximum Gasteiger partial charge on any atom is 0.450 e. The summed E-state index contributed by atoms with van der Waals surface area (Å²) in [6, 6.07) is 1.32. The van der Waals surface area contributed by atoms with Gasteiger partial charge in [0.1, 0.15) is 12.0 Å². The van der Waals surface area contributed by atoms with Crippen LogP contribution in [0.5, 0.6) is 0 Å². The zero-order chi connectivity index (χ0) is 10.1. The zero-order valence-electron chi connectivity index (χ0n) is 6.19. The van der Waals surface area contributed by atoms with Crippen LogP contribution in [-0.4, -0.2) is 12.0 Å². The summed E-state index contributed by atoms with van der Waals surface area (Å²) in [6.45, 7) is 0. The van der Waals surface area contributed by atoms with Crippen LogP contribution in [0.25, 0.3) is 0 Å². The Balaban J connectivity index is 2.65. The summed E-state index contributed by atoms with van der Waals surface area (Å²) < 4.78 is 40.4. The molecule has 0 radical (unpaired) electrons. The fourth-order valence-electron chi connectivity index (χ4n) is 0.705. The smallest absolute Gasteiger partial charge is 0.450 e. The van der Waals surface area contributed by atoms with Crippen LogP contribution >= 0.6 is 15.9 Å². The predicted molar refractivity (Wildman–Crippen MR) is 41.2 cm³/mol. The topological polar surface area (TPSA) is 30.2 Å². The highest BCUT2D eigenvalue weighted by atomic mass is 79.9. The van der Waals surface area contributed by atoms with Crippen molar-refractivity contribution in [1.82, 2.24) is 0 Å². The lowest BCUT2D eigenvalue weighted by atomic mass is 10.2. The molecule has 0 fully saturated rings. The molecular weight excluding hydrogens is 253 g/mol. The van der Waals surface area contributed by atoms with Gasteiger partial charge in [0.25, 0.3) is 0 Å². The van der Waals surface area contributed by atoms with Gasteiger partial charge < -0.3 is 4.42 Å². The number of rotatable bonds is 2. The molecule has 0 N–H and O–H groups in total. The number of alkyl halides is 3. The van der Waals surface area contributed by atoms with Gasteiger partial charge in [0.2, 0.25) is 5.78 Å². The molecule has 0 saturated heterocycles. The first-order valence-electron chi connectivity index (χ1n) is 3.22. The quantitative estimate of drug-likeness (QED) is 0.815. The van der Waals surface area contributed by atoms with Crippen LogP contribution in [0.1, 0.15) is 5.76 Å². The third kappa shape index (κ3) is 2.87. The van der Waals surface area contributed by atoms with Gasteiger partial charge in [0.15, 0.2) is 0 Å². The molecule has 1 aromatic heterocycles. The second-order valence-electron chi connectivity index (χ2n) is 2.33. The van der Waals surface area contributed by atoms with Crippen LogP contribution in [0.2, 0.25) is 0 Å². The van der Waals surface area contributed by atoms with Crippen LogP contribution < -0.4 is 0 Å². The van der Waals surface area contributed by atoms with Gasteiger partial charge in [-0.2, -0.15) is 13.2 Å². The van der Waals surface area contributed by atoms with Crippen molar-refractivity contribution in [2.24, 2.45) is 0 Å². The monoisotopic (exact) mass is 256 g/mol. The lowest BCUT2D eigenvalue weighted by Crippen LogP contribution is -2.24. The average molecular weight is 257 g/mol. The lowest BCUT2D eigenvalue weighted by molar-refractivity contribution is -0.170. The first kappa shape index (κ1) is 10.3. The Morgan fingerprint density at radius 1 is 1.54 bits per heavy atom. The van der Waals surface area contributed by atoms with Crippen molar-refractivity contribution >= 4 is 21.7 Å². The Morgan fingerprint density at radius 3 is 2.54 bits per heavy atom. The first-order valence-corrected chi connectivity index (χ1v) is 4.02. The van der Waals surface area contributed by atoms with E-state index >= 15 is 0 Å². The fraction of sp³-hybridized carbons (Fsp3) is 0.286. The predicted octanol–water partition coefficient (Wildman–Crippen LogP) is 2.72. The molecule has 1 aromatic rings. The molecule has 0 aliphatic carbocycles. The van der Waals surface area contributed by atoms with Gasteiger partial charge in [-0.05, 0) is 22.0 Å². The highest BCUT2D eigenvalue weighted by Gasteiger charge is 2.38. The van der Waals surface area contributed by atoms with Crippen molar-refractivity contribution < 1.29 is 22.4 Å². The standard InChI is InChI=1S/C7H4BrF3O2/c8-4-1-5(13-3-4)2-6(12)7(9,10)11/h1,3H,2H2. The molecule has 1 rings (SSSR count). The maximum absolute atomic E-state index is 11.7. The molecule has 0 aromatic carbocycles. The van der Waals surface area contributed by atoms with Gasteiger partial charge >= 0.3 is 6.18 Å². The Labute approximate surface area is 79.8 Å². The van der Waals surface area contributed by atoms with Crippen molar-refractivity contribution in [3.63, 3.8) is 0 Å². The summed E-state index contributed by atoms with van der Waals surface area (Å²) in [6.07, 6.45) is -4.33. The van der Waals surface area contributed by atoms with Gasteiger partial charge in [-0.1, -0.05) is 0 Å². The second kappa shape index (κ2) is 3.53. The molecule has 0 atom stereocenters. The molecule has 2 nitrogen and oxygen atoms in total. The minimum atomic E-state index is -4.79. The Kier molecular flexibility index (Phi) is 2.80.